The lowest BCUT2D eigenvalue weighted by Gasteiger charge is -2.32. The van der Waals surface area contributed by atoms with Crippen LogP contribution < -0.4 is 42.5 Å². The summed E-state index contributed by atoms with van der Waals surface area (Å²) in [4.78, 5) is 124. The molecule has 12 atom stereocenters. The molecule has 0 fully saturated rings. The molecule has 0 spiro atoms. The number of cyclic esters (lactones) is 1. The van der Waals surface area contributed by atoms with Crippen LogP contribution >= 0.6 is 0 Å². The van der Waals surface area contributed by atoms with Crippen molar-refractivity contribution in [1.29, 1.82) is 0 Å². The maximum Gasteiger partial charge on any atom is 0.329 e. The van der Waals surface area contributed by atoms with Gasteiger partial charge in [0.05, 0.1) is 68.9 Å². The van der Waals surface area contributed by atoms with Crippen LogP contribution in [0.2, 0.25) is 0 Å². The third kappa shape index (κ3) is 27.6. The van der Waals surface area contributed by atoms with E-state index in [1.165, 1.54) is 49.4 Å². The maximum absolute atomic E-state index is 13.9. The molecular formula is C66H103N9O16. The summed E-state index contributed by atoms with van der Waals surface area (Å²) in [5.41, 5.74) is 1.54. The molecule has 2 aromatic carbocycles. The number of phenolic OH excluding ortho intramolecular Hbond substituents is 1. The minimum Gasteiger partial charge on any atom is -0.508 e. The fourth-order valence-corrected chi connectivity index (χ4v) is 10.1. The van der Waals surface area contributed by atoms with Gasteiger partial charge in [0.2, 0.25) is 47.3 Å². The van der Waals surface area contributed by atoms with Gasteiger partial charge in [0.15, 0.2) is 0 Å². The van der Waals surface area contributed by atoms with Gasteiger partial charge in [-0.3, -0.25) is 38.4 Å². The van der Waals surface area contributed by atoms with Crippen molar-refractivity contribution in [3.63, 3.8) is 0 Å². The number of unbranched alkanes of at least 4 members (excludes halogenated alkanes) is 4. The van der Waals surface area contributed by atoms with Gasteiger partial charge in [-0.15, -0.1) is 0 Å². The normalized spacial score (nSPS) is 18.8. The van der Waals surface area contributed by atoms with Gasteiger partial charge in [-0.2, -0.15) is 0 Å². The molecule has 0 saturated carbocycles. The van der Waals surface area contributed by atoms with Gasteiger partial charge in [-0.05, 0) is 79.2 Å². The van der Waals surface area contributed by atoms with Crippen molar-refractivity contribution in [2.45, 2.75) is 206 Å². The number of rotatable bonds is 37. The molecule has 91 heavy (non-hydrogen) atoms. The second-order valence-corrected chi connectivity index (χ2v) is 24.8. The van der Waals surface area contributed by atoms with Gasteiger partial charge in [0.1, 0.15) is 42.6 Å². The number of carbonyl (C=O) groups is 9. The second-order valence-electron chi connectivity index (χ2n) is 24.8. The van der Waals surface area contributed by atoms with Crippen molar-refractivity contribution in [2.75, 3.05) is 33.4 Å². The number of nitrogens with zero attached hydrogens (tertiary/aromatic N) is 1. The Balaban J connectivity index is 1.62. The highest BCUT2D eigenvalue weighted by molar-refractivity contribution is 5.95. The summed E-state index contributed by atoms with van der Waals surface area (Å²) in [7, 11) is 1.40. The van der Waals surface area contributed by atoms with E-state index in [0.29, 0.717) is 18.5 Å². The summed E-state index contributed by atoms with van der Waals surface area (Å²) in [6.45, 7) is 13.7. The Morgan fingerprint density at radius 2 is 1.13 bits per heavy atom. The van der Waals surface area contributed by atoms with E-state index in [0.717, 1.165) is 30.9 Å². The van der Waals surface area contributed by atoms with E-state index in [1.807, 2.05) is 30.3 Å². The van der Waals surface area contributed by atoms with Crippen molar-refractivity contribution >= 4 is 53.2 Å². The van der Waals surface area contributed by atoms with Crippen LogP contribution in [-0.4, -0.2) is 195 Å². The molecule has 1 aliphatic heterocycles. The van der Waals surface area contributed by atoms with Gasteiger partial charge in [0.25, 0.3) is 0 Å². The number of aliphatic hydroxyl groups excluding tert-OH is 5. The molecule has 0 aromatic heterocycles. The third-order valence-corrected chi connectivity index (χ3v) is 15.7. The molecule has 3 rings (SSSR count). The van der Waals surface area contributed by atoms with Crippen molar-refractivity contribution in [3.05, 3.63) is 90.0 Å². The monoisotopic (exact) mass is 1280 g/mol. The Hall–Kier alpha value is -7.29. The maximum atomic E-state index is 13.9. The van der Waals surface area contributed by atoms with Gasteiger partial charge < -0.3 is 82.8 Å². The number of nitrogens with one attached hydrogen (secondary N) is 8. The van der Waals surface area contributed by atoms with E-state index in [4.69, 9.17) is 4.74 Å². The topological polar surface area (TPSA) is 384 Å². The molecule has 1 aliphatic rings. The third-order valence-electron chi connectivity index (χ3n) is 15.7. The highest BCUT2D eigenvalue weighted by Gasteiger charge is 2.38. The van der Waals surface area contributed by atoms with Crippen molar-refractivity contribution in [2.24, 2.45) is 23.7 Å². The van der Waals surface area contributed by atoms with Crippen LogP contribution in [-0.2, 0) is 60.7 Å². The number of esters is 1. The van der Waals surface area contributed by atoms with E-state index in [-0.39, 0.29) is 18.6 Å². The molecule has 0 bridgehead atoms. The quantitative estimate of drug-likeness (QED) is 0.0257. The predicted octanol–water partition coefficient (Wildman–Crippen LogP) is 1.25. The predicted molar refractivity (Wildman–Crippen MR) is 342 cm³/mol. The van der Waals surface area contributed by atoms with Gasteiger partial charge in [-0.25, -0.2) is 4.79 Å². The number of aliphatic hydroxyl groups is 5. The molecule has 0 aliphatic carbocycles. The van der Waals surface area contributed by atoms with Crippen LogP contribution in [0, 0.1) is 23.7 Å². The zero-order valence-corrected chi connectivity index (χ0v) is 54.6. The number of ether oxygens (including phenoxy) is 1. The van der Waals surface area contributed by atoms with Crippen molar-refractivity contribution in [3.8, 4) is 5.75 Å². The summed E-state index contributed by atoms with van der Waals surface area (Å²) in [6.07, 6.45) is 7.00. The summed E-state index contributed by atoms with van der Waals surface area (Å²) in [5, 5.41) is 85.6. The summed E-state index contributed by atoms with van der Waals surface area (Å²) in [5.74, 6) is -9.05. The van der Waals surface area contributed by atoms with Crippen LogP contribution in [0.3, 0.4) is 0 Å². The molecule has 0 radical (unpaired) electrons. The standard InChI is InChI=1S/C66H103N9O16/c1-11-12-13-14-15-16-17-21-30-67-47(31-43-22-19-18-20-23-43)51(79)33-55(83)73-59(40(4)5)63(87)69-49(37-77)53(81)35-57(85)74-60(41(6)7)64(88)70-48(36-76)52(80)34-56(84)72-58(39(2)3)62(86)68-45-26-29-54(82)71-61(42(8)9)65(89)75(10)50(66(90)91-38-45)32-44-24-27-46(78)28-25-44/h16-20,22-29,39-42,45,47-53,58-61,67,76-81H,11-15,21,30-38H2,1-10H3,(H,68,86)(H,69,87)(H,70,88)(H,71,82)(H,72,84)(H,73,83)(H,74,85)/b17-16-,29-26?/t45-,47+,48+,49+,50+,51+,52+,53+,58+,59+,60+,61+/m1/s1. The van der Waals surface area contributed by atoms with E-state index in [1.54, 1.807) is 67.5 Å². The number of benzene rings is 2. The Bertz CT molecular complexity index is 2670. The van der Waals surface area contributed by atoms with Crippen LogP contribution in [0.15, 0.2) is 78.9 Å². The molecule has 25 heteroatoms. The first kappa shape index (κ1) is 78.0. The molecule has 8 amide bonds. The SMILES string of the molecule is CCCCCC/C=C\CCN[C@@H](Cc1ccccc1)[C@@H](O)CC(=O)N[C@H](C(=O)N[C@@H](CO)[C@@H](O)CC(=O)N[C@H](C(=O)N[C@@H](CO)[C@@H](O)CC(=O)N[C@H](C(=O)N[C@@H]1C=CC(=O)N[C@@H](C(C)C)C(=O)N(C)[C@@H](Cc2ccc(O)cc2)C(=O)OC1)C(C)C)C(C)C)C(C)C. The van der Waals surface area contributed by atoms with E-state index < -0.39 is 182 Å². The number of phenols is 1. The van der Waals surface area contributed by atoms with Crippen molar-refractivity contribution < 1.29 is 78.5 Å². The number of amides is 8. The Kier molecular flexibility index (Phi) is 34.7. The van der Waals surface area contributed by atoms with Crippen LogP contribution in [0.4, 0.5) is 0 Å². The van der Waals surface area contributed by atoms with Crippen molar-refractivity contribution in [1.82, 2.24) is 47.4 Å². The van der Waals surface area contributed by atoms with Gasteiger partial charge in [0, 0.05) is 25.6 Å². The molecule has 14 N–H and O–H groups in total. The fraction of sp³-hybridized carbons (Fsp3) is 0.621. The minimum absolute atomic E-state index is 0.0119. The lowest BCUT2D eigenvalue weighted by molar-refractivity contribution is -0.156. The molecule has 508 valence electrons. The molecular weight excluding hydrogens is 1170 g/mol. The highest BCUT2D eigenvalue weighted by Crippen LogP contribution is 2.19. The van der Waals surface area contributed by atoms with E-state index in [9.17, 15) is 73.8 Å². The molecule has 0 unspecified atom stereocenters. The zero-order valence-electron chi connectivity index (χ0n) is 54.6. The Morgan fingerprint density at radius 3 is 1.62 bits per heavy atom. The summed E-state index contributed by atoms with van der Waals surface area (Å²) < 4.78 is 5.66. The zero-order chi connectivity index (χ0) is 67.9. The van der Waals surface area contributed by atoms with Crippen LogP contribution in [0.25, 0.3) is 0 Å². The first-order valence-electron chi connectivity index (χ1n) is 31.8. The largest absolute Gasteiger partial charge is 0.508 e. The molecule has 1 heterocycles. The average Bonchev–Trinajstić information content (AvgIpc) is 1.17. The molecule has 25 nitrogen and oxygen atoms in total. The fourth-order valence-electron chi connectivity index (χ4n) is 10.1. The number of hydrogen-bond donors (Lipinski definition) is 14. The highest BCUT2D eigenvalue weighted by atomic mass is 16.5. The average molecular weight is 1280 g/mol. The minimum atomic E-state index is -1.75. The van der Waals surface area contributed by atoms with Crippen LogP contribution in [0.5, 0.6) is 5.75 Å². The molecule has 0 saturated heterocycles. The summed E-state index contributed by atoms with van der Waals surface area (Å²) in [6, 6.07) is 4.93. The Labute approximate surface area is 535 Å². The first-order valence-corrected chi connectivity index (χ1v) is 31.8. The van der Waals surface area contributed by atoms with Gasteiger partial charge >= 0.3 is 5.97 Å². The van der Waals surface area contributed by atoms with Crippen LogP contribution in [0.1, 0.15) is 131 Å². The van der Waals surface area contributed by atoms with E-state index >= 15 is 0 Å². The number of hydrogen-bond acceptors (Lipinski definition) is 17. The first-order chi connectivity index (χ1) is 43.1. The molecule has 2 aromatic rings. The summed E-state index contributed by atoms with van der Waals surface area (Å²) >= 11 is 0. The number of aromatic hydroxyl groups is 1. The lowest BCUT2D eigenvalue weighted by atomic mass is 9.97. The van der Waals surface area contributed by atoms with Gasteiger partial charge in [-0.1, -0.05) is 142 Å². The smallest absolute Gasteiger partial charge is 0.329 e. The number of likely N-dealkylation sites (N-methyl/N-ethyl adjacent to an activating group) is 1. The number of carbonyl (C=O) groups excluding carboxylic acids is 9. The number of allylic oxidation sites excluding steroid dienone is 1. The second kappa shape index (κ2) is 40.5. The Morgan fingerprint density at radius 1 is 0.637 bits per heavy atom. The van der Waals surface area contributed by atoms with E-state index in [2.05, 4.69) is 61.6 Å². The lowest BCUT2D eigenvalue weighted by Crippen LogP contribution is -2.58.